The normalized spacial score (nSPS) is 21.9. The summed E-state index contributed by atoms with van der Waals surface area (Å²) < 4.78 is 38.4. The Morgan fingerprint density at radius 1 is 1.40 bits per heavy atom. The molecule has 0 radical (unpaired) electrons. The van der Waals surface area contributed by atoms with Crippen LogP contribution in [0, 0.1) is 5.92 Å². The molecule has 6 heteroatoms. The average molecular weight is 308 g/mol. The van der Waals surface area contributed by atoms with Crippen LogP contribution in [-0.2, 0) is 0 Å². The summed E-state index contributed by atoms with van der Waals surface area (Å²) in [4.78, 5) is 1.68. The highest BCUT2D eigenvalue weighted by molar-refractivity contribution is 6.33. The molecule has 1 unspecified atom stereocenters. The molecule has 1 fully saturated rings. The number of benzene rings is 1. The van der Waals surface area contributed by atoms with Crippen molar-refractivity contribution in [1.29, 1.82) is 0 Å². The van der Waals surface area contributed by atoms with Crippen LogP contribution in [0.5, 0.6) is 0 Å². The van der Waals surface area contributed by atoms with Gasteiger partial charge in [0.25, 0.3) is 0 Å². The van der Waals surface area contributed by atoms with Crippen molar-refractivity contribution >= 4 is 17.3 Å². The fourth-order valence-corrected chi connectivity index (χ4v) is 2.81. The smallest absolute Gasteiger partial charge is 0.389 e. The molecule has 2 rings (SSSR count). The first-order chi connectivity index (χ1) is 9.29. The summed E-state index contributed by atoms with van der Waals surface area (Å²) >= 11 is 6.13. The Hall–Kier alpha value is -0.940. The van der Waals surface area contributed by atoms with E-state index in [2.05, 4.69) is 0 Å². The lowest BCUT2D eigenvalue weighted by Crippen LogP contribution is -2.41. The minimum atomic E-state index is -4.16. The van der Waals surface area contributed by atoms with Crippen molar-refractivity contribution in [3.63, 3.8) is 0 Å². The highest BCUT2D eigenvalue weighted by Crippen LogP contribution is 2.37. The van der Waals surface area contributed by atoms with Gasteiger partial charge in [-0.2, -0.15) is 13.2 Å². The predicted octanol–water partition coefficient (Wildman–Crippen LogP) is 4.17. The maximum Gasteiger partial charge on any atom is 0.393 e. The summed E-state index contributed by atoms with van der Waals surface area (Å²) in [6, 6.07) is 4.99. The van der Waals surface area contributed by atoms with Gasteiger partial charge in [-0.25, -0.2) is 0 Å². The summed E-state index contributed by atoms with van der Waals surface area (Å²) in [6.07, 6.45) is -4.14. The van der Waals surface area contributed by atoms with Crippen LogP contribution in [0.2, 0.25) is 5.02 Å². The lowest BCUT2D eigenvalue weighted by molar-refractivity contribution is -0.175. The van der Waals surface area contributed by atoms with E-state index < -0.39 is 18.2 Å². The molecular weight excluding hydrogens is 291 g/mol. The first-order valence-corrected chi connectivity index (χ1v) is 6.96. The second kappa shape index (κ2) is 5.82. The zero-order valence-electron chi connectivity index (χ0n) is 11.1. The molecule has 20 heavy (non-hydrogen) atoms. The number of piperidine rings is 1. The van der Waals surface area contributed by atoms with Crippen LogP contribution in [0.15, 0.2) is 18.2 Å². The van der Waals surface area contributed by atoms with E-state index in [4.69, 9.17) is 11.6 Å². The minimum absolute atomic E-state index is 0.0583. The lowest BCUT2D eigenvalue weighted by Gasteiger charge is -2.35. The summed E-state index contributed by atoms with van der Waals surface area (Å²) in [7, 11) is 0. The molecule has 1 aromatic carbocycles. The van der Waals surface area contributed by atoms with E-state index >= 15 is 0 Å². The van der Waals surface area contributed by atoms with E-state index in [1.165, 1.54) is 0 Å². The van der Waals surface area contributed by atoms with E-state index in [1.54, 1.807) is 30.0 Å². The van der Waals surface area contributed by atoms with Gasteiger partial charge in [-0.1, -0.05) is 17.7 Å². The first kappa shape index (κ1) is 15.4. The number of hydrogen-bond acceptors (Lipinski definition) is 2. The molecule has 2 nitrogen and oxygen atoms in total. The summed E-state index contributed by atoms with van der Waals surface area (Å²) in [5, 5.41) is 9.86. The number of halogens is 4. The number of rotatable bonds is 2. The molecule has 1 aromatic rings. The highest BCUT2D eigenvalue weighted by Gasteiger charge is 2.42. The van der Waals surface area contributed by atoms with Crippen LogP contribution in [0.1, 0.15) is 31.4 Å². The zero-order valence-corrected chi connectivity index (χ0v) is 11.9. The van der Waals surface area contributed by atoms with Gasteiger partial charge in [0.2, 0.25) is 0 Å². The Balaban J connectivity index is 2.19. The second-order valence-corrected chi connectivity index (χ2v) is 5.62. The Morgan fingerprint density at radius 3 is 2.65 bits per heavy atom. The maximum absolute atomic E-state index is 12.8. The van der Waals surface area contributed by atoms with Gasteiger partial charge in [-0.15, -0.1) is 0 Å². The van der Waals surface area contributed by atoms with Gasteiger partial charge >= 0.3 is 6.18 Å². The van der Waals surface area contributed by atoms with Gasteiger partial charge in [-0.05, 0) is 37.5 Å². The van der Waals surface area contributed by atoms with Gasteiger partial charge < -0.3 is 10.0 Å². The molecule has 0 aliphatic carbocycles. The number of aliphatic hydroxyl groups is 1. The van der Waals surface area contributed by atoms with Crippen molar-refractivity contribution in [3.8, 4) is 0 Å². The third-order valence-corrected chi connectivity index (χ3v) is 3.98. The molecule has 1 saturated heterocycles. The van der Waals surface area contributed by atoms with Crippen molar-refractivity contribution in [2.75, 3.05) is 18.0 Å². The molecule has 1 heterocycles. The van der Waals surface area contributed by atoms with E-state index in [-0.39, 0.29) is 13.0 Å². The van der Waals surface area contributed by atoms with E-state index in [1.807, 2.05) is 0 Å². The van der Waals surface area contributed by atoms with Crippen molar-refractivity contribution < 1.29 is 18.3 Å². The molecule has 1 aliphatic heterocycles. The SMILES string of the molecule is C[C@@H](O)c1ccc(N2CCCC(C(F)(F)F)C2)c(Cl)c1. The van der Waals surface area contributed by atoms with Crippen LogP contribution >= 0.6 is 11.6 Å². The lowest BCUT2D eigenvalue weighted by atomic mass is 9.97. The van der Waals surface area contributed by atoms with Gasteiger partial charge in [0.1, 0.15) is 0 Å². The van der Waals surface area contributed by atoms with Crippen molar-refractivity contribution in [1.82, 2.24) is 0 Å². The Kier molecular flexibility index (Phi) is 4.49. The second-order valence-electron chi connectivity index (χ2n) is 5.21. The monoisotopic (exact) mass is 307 g/mol. The third-order valence-electron chi connectivity index (χ3n) is 3.68. The third kappa shape index (κ3) is 3.38. The largest absolute Gasteiger partial charge is 0.393 e. The molecule has 2 atom stereocenters. The summed E-state index contributed by atoms with van der Waals surface area (Å²) in [5.74, 6) is -1.30. The van der Waals surface area contributed by atoms with Gasteiger partial charge in [0.05, 0.1) is 22.7 Å². The summed E-state index contributed by atoms with van der Waals surface area (Å²) in [6.45, 7) is 2.13. The molecule has 0 bridgehead atoms. The molecule has 0 saturated carbocycles. The number of hydrogen-bond donors (Lipinski definition) is 1. The van der Waals surface area contributed by atoms with Gasteiger partial charge in [-0.3, -0.25) is 0 Å². The topological polar surface area (TPSA) is 23.5 Å². The Morgan fingerprint density at radius 2 is 2.10 bits per heavy atom. The fraction of sp³-hybridized carbons (Fsp3) is 0.571. The summed E-state index contributed by atoms with van der Waals surface area (Å²) in [5.41, 5.74) is 1.26. The number of nitrogens with zero attached hydrogens (tertiary/aromatic N) is 1. The van der Waals surface area contributed by atoms with Crippen molar-refractivity contribution in [2.45, 2.75) is 32.0 Å². The predicted molar refractivity (Wildman–Crippen MR) is 73.1 cm³/mol. The number of alkyl halides is 3. The Labute approximate surface area is 121 Å². The quantitative estimate of drug-likeness (QED) is 0.886. The molecule has 0 aromatic heterocycles. The number of anilines is 1. The molecule has 112 valence electrons. The van der Waals surface area contributed by atoms with Crippen LogP contribution in [0.4, 0.5) is 18.9 Å². The van der Waals surface area contributed by atoms with Crippen molar-refractivity contribution in [3.05, 3.63) is 28.8 Å². The van der Waals surface area contributed by atoms with E-state index in [9.17, 15) is 18.3 Å². The standard InChI is InChI=1S/C14H17ClF3NO/c1-9(20)10-4-5-13(12(15)7-10)19-6-2-3-11(8-19)14(16,17)18/h4-5,7,9,11,20H,2-3,6,8H2,1H3/t9-,11?/m1/s1. The number of aliphatic hydroxyl groups excluding tert-OH is 1. The van der Waals surface area contributed by atoms with Gasteiger partial charge in [0, 0.05) is 13.1 Å². The molecule has 0 amide bonds. The molecule has 0 spiro atoms. The van der Waals surface area contributed by atoms with Crippen LogP contribution in [-0.4, -0.2) is 24.4 Å². The Bertz CT molecular complexity index is 476. The maximum atomic E-state index is 12.8. The molecular formula is C14H17ClF3NO. The van der Waals surface area contributed by atoms with E-state index in [0.717, 1.165) is 0 Å². The first-order valence-electron chi connectivity index (χ1n) is 6.58. The highest BCUT2D eigenvalue weighted by atomic mass is 35.5. The minimum Gasteiger partial charge on any atom is -0.389 e. The van der Waals surface area contributed by atoms with E-state index in [0.29, 0.717) is 29.2 Å². The van der Waals surface area contributed by atoms with Crippen LogP contribution < -0.4 is 4.90 Å². The fourth-order valence-electron chi connectivity index (χ4n) is 2.50. The molecule has 1 N–H and O–H groups in total. The molecule has 1 aliphatic rings. The van der Waals surface area contributed by atoms with Crippen LogP contribution in [0.3, 0.4) is 0 Å². The van der Waals surface area contributed by atoms with Crippen molar-refractivity contribution in [2.24, 2.45) is 5.92 Å². The van der Waals surface area contributed by atoms with Crippen LogP contribution in [0.25, 0.3) is 0 Å². The zero-order chi connectivity index (χ0) is 14.9. The average Bonchev–Trinajstić information content (AvgIpc) is 2.37. The van der Waals surface area contributed by atoms with Gasteiger partial charge in [0.15, 0.2) is 0 Å².